The van der Waals surface area contributed by atoms with Crippen molar-refractivity contribution in [3.8, 4) is 22.8 Å². The second-order valence-corrected chi connectivity index (χ2v) is 7.07. The van der Waals surface area contributed by atoms with Gasteiger partial charge in [-0.15, -0.1) is 11.8 Å². The van der Waals surface area contributed by atoms with Crippen LogP contribution in [0, 0.1) is 0 Å². The minimum atomic E-state index is -4.43. The number of nitrogens with zero attached hydrogens (tertiary/aromatic N) is 4. The van der Waals surface area contributed by atoms with Gasteiger partial charge < -0.3 is 0 Å². The summed E-state index contributed by atoms with van der Waals surface area (Å²) in [6.07, 6.45) is -3.29. The lowest BCUT2D eigenvalue weighted by atomic mass is 10.1. The number of alkyl halides is 3. The van der Waals surface area contributed by atoms with Crippen LogP contribution in [-0.2, 0) is 13.2 Å². The first-order valence-electron chi connectivity index (χ1n) is 7.67. The topological polar surface area (TPSA) is 43.6 Å². The van der Waals surface area contributed by atoms with Gasteiger partial charge in [-0.25, -0.2) is 4.98 Å². The third-order valence-electron chi connectivity index (χ3n) is 3.60. The quantitative estimate of drug-likeness (QED) is 0.440. The number of aryl methyl sites for hydroxylation is 1. The summed E-state index contributed by atoms with van der Waals surface area (Å²) in [5.41, 5.74) is 1.01. The van der Waals surface area contributed by atoms with Gasteiger partial charge in [0.25, 0.3) is 0 Å². The van der Waals surface area contributed by atoms with Crippen LogP contribution in [0.15, 0.2) is 41.4 Å². The Morgan fingerprint density at radius 3 is 2.62 bits per heavy atom. The molecular formula is C17H14ClF3N4S. The van der Waals surface area contributed by atoms with E-state index in [0.717, 1.165) is 29.0 Å². The number of hydrogen-bond donors (Lipinski definition) is 0. The van der Waals surface area contributed by atoms with Crippen molar-refractivity contribution in [2.75, 3.05) is 5.75 Å². The van der Waals surface area contributed by atoms with Crippen LogP contribution in [0.1, 0.15) is 12.5 Å². The Balaban J connectivity index is 2.08. The molecule has 0 bridgehead atoms. The molecule has 3 heterocycles. The SMILES string of the molecule is CCSc1ccc(Cl)nc1-c1cc(-c2cc(C(F)(F)F)ccn2)n(C)n1. The molecule has 0 aliphatic rings. The summed E-state index contributed by atoms with van der Waals surface area (Å²) in [4.78, 5) is 9.29. The highest BCUT2D eigenvalue weighted by molar-refractivity contribution is 7.99. The Kier molecular flexibility index (Phi) is 5.24. The van der Waals surface area contributed by atoms with Crippen LogP contribution in [0.2, 0.25) is 5.15 Å². The van der Waals surface area contributed by atoms with Gasteiger partial charge in [-0.3, -0.25) is 9.67 Å². The molecular weight excluding hydrogens is 385 g/mol. The normalized spacial score (nSPS) is 11.8. The Labute approximate surface area is 157 Å². The smallest absolute Gasteiger partial charge is 0.266 e. The summed E-state index contributed by atoms with van der Waals surface area (Å²) in [7, 11) is 1.65. The van der Waals surface area contributed by atoms with E-state index in [1.54, 1.807) is 30.9 Å². The van der Waals surface area contributed by atoms with Crippen LogP contribution in [0.4, 0.5) is 13.2 Å². The number of thioether (sulfide) groups is 1. The first-order chi connectivity index (χ1) is 12.3. The number of rotatable bonds is 4. The highest BCUT2D eigenvalue weighted by Gasteiger charge is 2.31. The van der Waals surface area contributed by atoms with E-state index in [1.165, 1.54) is 4.68 Å². The van der Waals surface area contributed by atoms with Crippen LogP contribution in [0.25, 0.3) is 22.8 Å². The molecule has 0 saturated carbocycles. The first-order valence-corrected chi connectivity index (χ1v) is 9.03. The summed E-state index contributed by atoms with van der Waals surface area (Å²) in [6.45, 7) is 2.01. The van der Waals surface area contributed by atoms with Crippen LogP contribution < -0.4 is 0 Å². The molecule has 3 rings (SSSR count). The van der Waals surface area contributed by atoms with Crippen molar-refractivity contribution in [2.24, 2.45) is 7.05 Å². The van der Waals surface area contributed by atoms with Gasteiger partial charge in [-0.1, -0.05) is 18.5 Å². The molecule has 0 N–H and O–H groups in total. The molecule has 0 atom stereocenters. The van der Waals surface area contributed by atoms with Gasteiger partial charge in [-0.2, -0.15) is 18.3 Å². The molecule has 0 saturated heterocycles. The van der Waals surface area contributed by atoms with Gasteiger partial charge in [-0.05, 0) is 36.1 Å². The van der Waals surface area contributed by atoms with Crippen molar-refractivity contribution in [2.45, 2.75) is 18.0 Å². The maximum Gasteiger partial charge on any atom is 0.416 e. The van der Waals surface area contributed by atoms with Gasteiger partial charge in [0.05, 0.1) is 17.0 Å². The van der Waals surface area contributed by atoms with E-state index in [-0.39, 0.29) is 5.69 Å². The lowest BCUT2D eigenvalue weighted by Crippen LogP contribution is -2.06. The summed E-state index contributed by atoms with van der Waals surface area (Å²) >= 11 is 7.60. The maximum absolute atomic E-state index is 13.0. The van der Waals surface area contributed by atoms with Gasteiger partial charge >= 0.3 is 6.18 Å². The number of hydrogen-bond acceptors (Lipinski definition) is 4. The van der Waals surface area contributed by atoms with Crippen molar-refractivity contribution in [3.05, 3.63) is 47.2 Å². The fourth-order valence-electron chi connectivity index (χ4n) is 2.45. The standard InChI is InChI=1S/C17H14ClF3N4S/c1-3-26-14-4-5-15(18)23-16(14)12-9-13(25(2)24-12)11-8-10(6-7-22-11)17(19,20)21/h4-9H,3H2,1-2H3. The number of halogens is 4. The van der Waals surface area contributed by atoms with E-state index in [2.05, 4.69) is 15.1 Å². The minimum Gasteiger partial charge on any atom is -0.266 e. The van der Waals surface area contributed by atoms with E-state index >= 15 is 0 Å². The summed E-state index contributed by atoms with van der Waals surface area (Å²) in [6, 6.07) is 7.17. The molecule has 0 spiro atoms. The average Bonchev–Trinajstić information content (AvgIpc) is 2.98. The molecule has 136 valence electrons. The van der Waals surface area contributed by atoms with E-state index < -0.39 is 11.7 Å². The van der Waals surface area contributed by atoms with E-state index in [4.69, 9.17) is 11.6 Å². The van der Waals surface area contributed by atoms with Gasteiger partial charge in [0.1, 0.15) is 16.5 Å². The zero-order valence-electron chi connectivity index (χ0n) is 13.9. The molecule has 9 heteroatoms. The molecule has 0 aromatic carbocycles. The lowest BCUT2D eigenvalue weighted by molar-refractivity contribution is -0.137. The predicted octanol–water partition coefficient (Wildman–Crippen LogP) is 5.33. The van der Waals surface area contributed by atoms with Crippen molar-refractivity contribution < 1.29 is 13.2 Å². The third kappa shape index (κ3) is 3.86. The highest BCUT2D eigenvalue weighted by atomic mass is 35.5. The van der Waals surface area contributed by atoms with Crippen molar-refractivity contribution in [1.82, 2.24) is 19.7 Å². The van der Waals surface area contributed by atoms with Crippen LogP contribution in [0.3, 0.4) is 0 Å². The second-order valence-electron chi connectivity index (χ2n) is 5.38. The molecule has 0 radical (unpaired) electrons. The summed E-state index contributed by atoms with van der Waals surface area (Å²) in [5, 5.41) is 4.72. The predicted molar refractivity (Wildman–Crippen MR) is 96.1 cm³/mol. The van der Waals surface area contributed by atoms with Crippen molar-refractivity contribution in [1.29, 1.82) is 0 Å². The molecule has 26 heavy (non-hydrogen) atoms. The second kappa shape index (κ2) is 7.28. The largest absolute Gasteiger partial charge is 0.416 e. The Hall–Kier alpha value is -2.06. The fraction of sp³-hybridized carbons (Fsp3) is 0.235. The van der Waals surface area contributed by atoms with Crippen molar-refractivity contribution >= 4 is 23.4 Å². The molecule has 4 nitrogen and oxygen atoms in total. The van der Waals surface area contributed by atoms with Crippen molar-refractivity contribution in [3.63, 3.8) is 0 Å². The number of pyridine rings is 2. The molecule has 3 aromatic rings. The average molecular weight is 399 g/mol. The van der Waals surface area contributed by atoms with Gasteiger partial charge in [0, 0.05) is 18.1 Å². The Morgan fingerprint density at radius 2 is 1.92 bits per heavy atom. The Morgan fingerprint density at radius 1 is 1.15 bits per heavy atom. The molecule has 0 unspecified atom stereocenters. The van der Waals surface area contributed by atoms with Crippen LogP contribution in [-0.4, -0.2) is 25.5 Å². The molecule has 0 fully saturated rings. The minimum absolute atomic E-state index is 0.188. The lowest BCUT2D eigenvalue weighted by Gasteiger charge is -2.07. The fourth-order valence-corrected chi connectivity index (χ4v) is 3.36. The molecule has 0 aliphatic heterocycles. The maximum atomic E-state index is 13.0. The zero-order chi connectivity index (χ0) is 18.9. The van der Waals surface area contributed by atoms with Gasteiger partial charge in [0.2, 0.25) is 0 Å². The summed E-state index contributed by atoms with van der Waals surface area (Å²) < 4.78 is 40.4. The Bertz CT molecular complexity index is 940. The summed E-state index contributed by atoms with van der Waals surface area (Å²) in [5.74, 6) is 0.838. The molecule has 0 amide bonds. The monoisotopic (exact) mass is 398 g/mol. The zero-order valence-corrected chi connectivity index (χ0v) is 15.5. The van der Waals surface area contributed by atoms with Gasteiger partial charge in [0.15, 0.2) is 0 Å². The number of aromatic nitrogens is 4. The highest BCUT2D eigenvalue weighted by Crippen LogP contribution is 2.34. The molecule has 3 aromatic heterocycles. The van der Waals surface area contributed by atoms with E-state index in [1.807, 2.05) is 13.0 Å². The first kappa shape index (κ1) is 18.7. The van der Waals surface area contributed by atoms with E-state index in [0.29, 0.717) is 22.2 Å². The van der Waals surface area contributed by atoms with Crippen LogP contribution >= 0.6 is 23.4 Å². The van der Waals surface area contributed by atoms with E-state index in [9.17, 15) is 13.2 Å². The third-order valence-corrected chi connectivity index (χ3v) is 4.74. The molecule has 0 aliphatic carbocycles. The van der Waals surface area contributed by atoms with Crippen LogP contribution in [0.5, 0.6) is 0 Å².